The van der Waals surface area contributed by atoms with Crippen LogP contribution in [0.4, 0.5) is 5.69 Å². The summed E-state index contributed by atoms with van der Waals surface area (Å²) in [6, 6.07) is 9.42. The Kier molecular flexibility index (Phi) is 6.72. The van der Waals surface area contributed by atoms with Crippen molar-refractivity contribution in [1.82, 2.24) is 4.31 Å². The van der Waals surface area contributed by atoms with Crippen molar-refractivity contribution >= 4 is 33.6 Å². The van der Waals surface area contributed by atoms with Crippen molar-refractivity contribution in [3.05, 3.63) is 59.2 Å². The molecule has 0 fully saturated rings. The lowest BCUT2D eigenvalue weighted by Gasteiger charge is -2.13. The summed E-state index contributed by atoms with van der Waals surface area (Å²) < 4.78 is 34.9. The number of esters is 2. The fourth-order valence-corrected chi connectivity index (χ4v) is 3.33. The molecule has 0 saturated heterocycles. The van der Waals surface area contributed by atoms with Crippen molar-refractivity contribution in [3.63, 3.8) is 0 Å². The number of carbonyl (C=O) groups excluding carboxylic acids is 3. The molecule has 0 unspecified atom stereocenters. The zero-order valence-electron chi connectivity index (χ0n) is 16.3. The molecule has 0 atom stereocenters. The molecule has 2 aromatic rings. The maximum Gasteiger partial charge on any atom is 0.337 e. The van der Waals surface area contributed by atoms with Crippen LogP contribution in [0.3, 0.4) is 0 Å². The van der Waals surface area contributed by atoms with Gasteiger partial charge in [-0.2, -0.15) is 0 Å². The third-order valence-electron chi connectivity index (χ3n) is 3.91. The number of nitrogens with one attached hydrogen (secondary N) is 1. The summed E-state index contributed by atoms with van der Waals surface area (Å²) in [4.78, 5) is 36.3. The van der Waals surface area contributed by atoms with E-state index in [0.717, 1.165) is 4.31 Å². The molecule has 0 aromatic heterocycles. The van der Waals surface area contributed by atoms with Gasteiger partial charge in [-0.15, -0.1) is 0 Å². The van der Waals surface area contributed by atoms with E-state index in [2.05, 4.69) is 14.8 Å². The van der Waals surface area contributed by atoms with Crippen LogP contribution in [-0.2, 0) is 19.5 Å². The lowest BCUT2D eigenvalue weighted by molar-refractivity contribution is 0.0598. The minimum Gasteiger partial charge on any atom is -0.465 e. The molecule has 0 radical (unpaired) electrons. The summed E-state index contributed by atoms with van der Waals surface area (Å²) in [5.41, 5.74) is 0.291. The molecule has 1 amide bonds. The second kappa shape index (κ2) is 8.84. The second-order valence-corrected chi connectivity index (χ2v) is 8.20. The van der Waals surface area contributed by atoms with Gasteiger partial charge in [0.15, 0.2) is 0 Å². The van der Waals surface area contributed by atoms with Crippen molar-refractivity contribution < 1.29 is 32.3 Å². The number of sulfonamides is 1. The van der Waals surface area contributed by atoms with Crippen molar-refractivity contribution in [1.29, 1.82) is 0 Å². The number of benzene rings is 2. The van der Waals surface area contributed by atoms with Crippen LogP contribution in [0.1, 0.15) is 31.1 Å². The number of anilines is 1. The van der Waals surface area contributed by atoms with Gasteiger partial charge in [0.2, 0.25) is 10.0 Å². The number of hydrogen-bond acceptors (Lipinski definition) is 7. The number of hydrogen-bond donors (Lipinski definition) is 1. The Balaban J connectivity index is 2.40. The number of methoxy groups -OCH3 is 2. The minimum atomic E-state index is -3.72. The summed E-state index contributed by atoms with van der Waals surface area (Å²) in [5.74, 6) is -2.03. The highest BCUT2D eigenvalue weighted by molar-refractivity contribution is 7.89. The lowest BCUT2D eigenvalue weighted by atomic mass is 10.1. The molecule has 29 heavy (non-hydrogen) atoms. The van der Waals surface area contributed by atoms with E-state index in [-0.39, 0.29) is 27.3 Å². The second-order valence-electron chi connectivity index (χ2n) is 6.05. The van der Waals surface area contributed by atoms with Gasteiger partial charge in [-0.3, -0.25) is 4.79 Å². The standard InChI is InChI=1S/C19H20N2O7S/c1-21(2)29(25,26)16-7-5-6-12(11-16)17(22)20-15-9-13(18(23)27-3)8-14(10-15)19(24)28-4/h5-11H,1-4H3,(H,20,22). The number of amides is 1. The Morgan fingerprint density at radius 1 is 0.862 bits per heavy atom. The van der Waals surface area contributed by atoms with E-state index in [1.54, 1.807) is 0 Å². The van der Waals surface area contributed by atoms with Gasteiger partial charge < -0.3 is 14.8 Å². The molecular formula is C19H20N2O7S. The molecule has 0 heterocycles. The average Bonchev–Trinajstić information content (AvgIpc) is 2.72. The molecule has 154 valence electrons. The van der Waals surface area contributed by atoms with Crippen molar-refractivity contribution in [2.45, 2.75) is 4.90 Å². The Hall–Kier alpha value is -3.24. The van der Waals surface area contributed by atoms with Gasteiger partial charge in [-0.05, 0) is 36.4 Å². The van der Waals surface area contributed by atoms with Crippen molar-refractivity contribution in [2.75, 3.05) is 33.6 Å². The fourth-order valence-electron chi connectivity index (χ4n) is 2.38. The number of carbonyl (C=O) groups is 3. The van der Waals surface area contributed by atoms with E-state index in [0.29, 0.717) is 0 Å². The van der Waals surface area contributed by atoms with Crippen LogP contribution in [0.25, 0.3) is 0 Å². The minimum absolute atomic E-state index is 0.0367. The SMILES string of the molecule is COC(=O)c1cc(NC(=O)c2cccc(S(=O)(=O)N(C)C)c2)cc(C(=O)OC)c1. The molecule has 2 aromatic carbocycles. The Labute approximate surface area is 168 Å². The van der Waals surface area contributed by atoms with Crippen LogP contribution in [0.15, 0.2) is 47.4 Å². The van der Waals surface area contributed by atoms with E-state index in [1.807, 2.05) is 0 Å². The van der Waals surface area contributed by atoms with Crippen LogP contribution in [0.2, 0.25) is 0 Å². The van der Waals surface area contributed by atoms with Crippen LogP contribution in [0, 0.1) is 0 Å². The third-order valence-corrected chi connectivity index (χ3v) is 5.72. The van der Waals surface area contributed by atoms with E-state index >= 15 is 0 Å². The van der Waals surface area contributed by atoms with Gasteiger partial charge in [0, 0.05) is 25.3 Å². The van der Waals surface area contributed by atoms with Crippen LogP contribution in [-0.4, -0.2) is 58.9 Å². The molecule has 10 heteroatoms. The molecule has 9 nitrogen and oxygen atoms in total. The monoisotopic (exact) mass is 420 g/mol. The fraction of sp³-hybridized carbons (Fsp3) is 0.211. The lowest BCUT2D eigenvalue weighted by Crippen LogP contribution is -2.22. The zero-order chi connectivity index (χ0) is 21.8. The predicted octanol–water partition coefficient (Wildman–Crippen LogP) is 1.76. The molecule has 1 N–H and O–H groups in total. The van der Waals surface area contributed by atoms with E-state index in [4.69, 9.17) is 0 Å². The summed E-state index contributed by atoms with van der Waals surface area (Å²) in [7, 11) is 1.42. The van der Waals surface area contributed by atoms with Gasteiger partial charge in [0.1, 0.15) is 0 Å². The van der Waals surface area contributed by atoms with Crippen LogP contribution < -0.4 is 5.32 Å². The summed E-state index contributed by atoms with van der Waals surface area (Å²) >= 11 is 0. The molecule has 0 bridgehead atoms. The first-order valence-electron chi connectivity index (χ1n) is 8.25. The molecule has 0 aliphatic carbocycles. The van der Waals surface area contributed by atoms with Crippen molar-refractivity contribution in [3.8, 4) is 0 Å². The summed E-state index contributed by atoms with van der Waals surface area (Å²) in [6.07, 6.45) is 0. The maximum absolute atomic E-state index is 12.6. The molecule has 0 aliphatic rings. The number of nitrogens with zero attached hydrogens (tertiary/aromatic N) is 1. The Bertz CT molecular complexity index is 1030. The summed E-state index contributed by atoms with van der Waals surface area (Å²) in [6.45, 7) is 0. The molecular weight excluding hydrogens is 400 g/mol. The maximum atomic E-state index is 12.6. The zero-order valence-corrected chi connectivity index (χ0v) is 17.1. The van der Waals surface area contributed by atoms with E-state index < -0.39 is 27.9 Å². The normalized spacial score (nSPS) is 11.1. The highest BCUT2D eigenvalue weighted by Gasteiger charge is 2.20. The van der Waals surface area contributed by atoms with Crippen molar-refractivity contribution in [2.24, 2.45) is 0 Å². The molecule has 0 aliphatic heterocycles. The first-order valence-corrected chi connectivity index (χ1v) is 9.70. The smallest absolute Gasteiger partial charge is 0.337 e. The average molecular weight is 420 g/mol. The Morgan fingerprint density at radius 3 is 1.90 bits per heavy atom. The van der Waals surface area contributed by atoms with Gasteiger partial charge >= 0.3 is 11.9 Å². The third kappa shape index (κ3) is 4.98. The summed E-state index contributed by atoms with van der Waals surface area (Å²) in [5, 5.41) is 2.54. The van der Waals surface area contributed by atoms with Gasteiger partial charge in [-0.25, -0.2) is 22.3 Å². The highest BCUT2D eigenvalue weighted by atomic mass is 32.2. The van der Waals surface area contributed by atoms with Gasteiger partial charge in [0.05, 0.1) is 30.2 Å². The predicted molar refractivity (Wildman–Crippen MR) is 104 cm³/mol. The largest absolute Gasteiger partial charge is 0.465 e. The Morgan fingerprint density at radius 2 is 1.41 bits per heavy atom. The van der Waals surface area contributed by atoms with Gasteiger partial charge in [0.25, 0.3) is 5.91 Å². The van der Waals surface area contributed by atoms with Crippen LogP contribution >= 0.6 is 0 Å². The van der Waals surface area contributed by atoms with E-state index in [9.17, 15) is 22.8 Å². The molecule has 0 spiro atoms. The number of rotatable bonds is 6. The quantitative estimate of drug-likeness (QED) is 0.707. The van der Waals surface area contributed by atoms with Crippen LogP contribution in [0.5, 0.6) is 0 Å². The first kappa shape index (κ1) is 22.1. The highest BCUT2D eigenvalue weighted by Crippen LogP contribution is 2.20. The molecule has 0 saturated carbocycles. The number of ether oxygens (including phenoxy) is 2. The molecule has 2 rings (SSSR count). The van der Waals surface area contributed by atoms with Gasteiger partial charge in [-0.1, -0.05) is 6.07 Å². The van der Waals surface area contributed by atoms with E-state index in [1.165, 1.54) is 70.8 Å². The topological polar surface area (TPSA) is 119 Å². The first-order chi connectivity index (χ1) is 13.6.